The lowest BCUT2D eigenvalue weighted by Crippen LogP contribution is -2.59. The molecule has 0 fully saturated rings. The summed E-state index contributed by atoms with van der Waals surface area (Å²) in [6.07, 6.45) is -4.65. The number of aromatic hydroxyl groups is 3. The molecule has 0 unspecified atom stereocenters. The number of rotatable bonds is 12. The van der Waals surface area contributed by atoms with E-state index in [0.717, 1.165) is 36.4 Å². The summed E-state index contributed by atoms with van der Waals surface area (Å²) in [6, 6.07) is 6.11. The highest BCUT2D eigenvalue weighted by molar-refractivity contribution is 6.32. The maximum Gasteiger partial charge on any atom is 0.330 e. The maximum absolute atomic E-state index is 15.2. The van der Waals surface area contributed by atoms with E-state index in [1.165, 1.54) is 60.7 Å². The number of hydrogen-bond donors (Lipinski definition) is 13. The van der Waals surface area contributed by atoms with E-state index in [9.17, 15) is 64.2 Å². The summed E-state index contributed by atoms with van der Waals surface area (Å²) in [4.78, 5) is 115. The van der Waals surface area contributed by atoms with Gasteiger partial charge in [0.05, 0.1) is 22.5 Å². The molecule has 0 radical (unpaired) electrons. The van der Waals surface area contributed by atoms with E-state index in [0.29, 0.717) is 6.42 Å². The van der Waals surface area contributed by atoms with Crippen molar-refractivity contribution in [1.29, 1.82) is 0 Å². The summed E-state index contributed by atoms with van der Waals surface area (Å²) in [5.41, 5.74) is 4.86. The summed E-state index contributed by atoms with van der Waals surface area (Å²) in [5.74, 6) is -12.8. The fraction of sp³-hybridized carbons (Fsp3) is 0.296. The van der Waals surface area contributed by atoms with Crippen molar-refractivity contribution in [3.05, 3.63) is 135 Å². The van der Waals surface area contributed by atoms with Gasteiger partial charge in [-0.25, -0.2) is 4.79 Å². The Bertz CT molecular complexity index is 3240. The number of aliphatic hydroxyl groups excluding tert-OH is 2. The highest BCUT2D eigenvalue weighted by Gasteiger charge is 2.40. The number of carbonyl (C=O) groups excluding carboxylic acids is 7. The first kappa shape index (κ1) is 59.0. The van der Waals surface area contributed by atoms with Crippen molar-refractivity contribution in [3.63, 3.8) is 0 Å². The number of carbonyl (C=O) groups is 8. The number of nitrogens with one attached hydrogen (secondary N) is 6. The molecule has 26 heteroatoms. The smallest absolute Gasteiger partial charge is 0.330 e. The second-order valence-electron chi connectivity index (χ2n) is 19.5. The first-order valence-corrected chi connectivity index (χ1v) is 25.3. The molecule has 9 atom stereocenters. The van der Waals surface area contributed by atoms with E-state index in [2.05, 4.69) is 31.9 Å². The van der Waals surface area contributed by atoms with Crippen LogP contribution in [0.1, 0.15) is 84.8 Å². The van der Waals surface area contributed by atoms with Gasteiger partial charge in [0.2, 0.25) is 47.1 Å². The second-order valence-corrected chi connectivity index (χ2v) is 20.3. The Morgan fingerprint density at radius 3 is 1.75 bits per heavy atom. The fourth-order valence-corrected chi connectivity index (χ4v) is 9.26. The van der Waals surface area contributed by atoms with Crippen molar-refractivity contribution in [2.45, 2.75) is 81.2 Å². The zero-order valence-electron chi connectivity index (χ0n) is 43.0. The lowest BCUT2D eigenvalue weighted by atomic mass is 9.97. The van der Waals surface area contributed by atoms with Crippen molar-refractivity contribution >= 4 is 70.5 Å². The van der Waals surface area contributed by atoms with Crippen LogP contribution in [0.25, 0.3) is 0 Å². The van der Waals surface area contributed by atoms with Gasteiger partial charge in [0.25, 0.3) is 0 Å². The quantitative estimate of drug-likeness (QED) is 0.0854. The first-order valence-electron chi connectivity index (χ1n) is 24.5. The van der Waals surface area contributed by atoms with Gasteiger partial charge in [-0.3, -0.25) is 38.5 Å². The van der Waals surface area contributed by atoms with Crippen LogP contribution in [0.15, 0.2) is 97.1 Å². The number of carboxylic acid groups (broad SMARTS) is 1. The molecule has 24 nitrogen and oxygen atoms in total. The Hall–Kier alpha value is -8.68. The van der Waals surface area contributed by atoms with Gasteiger partial charge >= 0.3 is 5.97 Å². The standard InChI is InChI=1S/C54H56Cl2N8O16/c1-23(2)16-34(64(3)4)49(72)62-43-45(68)26-10-14-35(31(55)18-26)79-37-20-28-21-38(47(37)70)80-36-15-11-27(19-32(36)56)46(69)44(53(76)61-42(54(77)78)25-6-5-7-30(66)17-25)63-50(73)40(24-8-12-29(65)13-9-24)60-51(74)41(28)59-48(71)33(22-39(57)67)58-52(43)75/h5-15,17-21,23,33-34,40-46,65-66,68-70H,16,22H2,1-4H3,(H2,57,67)(H,58,75)(H,59,71)(H,60,74)(H,61,76)(H,62,72)(H,63,73)(H,77,78)/t33-,34+,40+,41+,42-,43+,44-,45+,46+/m0/s1. The number of halogens is 2. The van der Waals surface area contributed by atoms with E-state index in [1.807, 2.05) is 13.8 Å². The van der Waals surface area contributed by atoms with Crippen molar-refractivity contribution in [2.24, 2.45) is 11.7 Å². The van der Waals surface area contributed by atoms with Crippen LogP contribution in [-0.4, -0.2) is 121 Å². The molecule has 0 saturated carbocycles. The van der Waals surface area contributed by atoms with Crippen molar-refractivity contribution in [2.75, 3.05) is 14.1 Å². The Morgan fingerprint density at radius 1 is 0.662 bits per heavy atom. The van der Waals surface area contributed by atoms with Crippen LogP contribution < -0.4 is 47.1 Å². The predicted molar refractivity (Wildman–Crippen MR) is 284 cm³/mol. The molecule has 0 aromatic heterocycles. The van der Waals surface area contributed by atoms with Crippen LogP contribution in [0, 0.1) is 5.92 Å². The summed E-state index contributed by atoms with van der Waals surface area (Å²) < 4.78 is 12.3. The molecule has 7 amide bonds. The van der Waals surface area contributed by atoms with E-state index in [4.69, 9.17) is 38.4 Å². The van der Waals surface area contributed by atoms with Crippen LogP contribution in [-0.2, 0) is 38.4 Å². The van der Waals surface area contributed by atoms with Gasteiger partial charge in [0.15, 0.2) is 17.5 Å². The molecule has 4 heterocycles. The lowest BCUT2D eigenvalue weighted by molar-refractivity contribution is -0.143. The number of primary amides is 1. The van der Waals surface area contributed by atoms with E-state index < -0.39 is 125 Å². The highest BCUT2D eigenvalue weighted by Crippen LogP contribution is 2.46. The highest BCUT2D eigenvalue weighted by atomic mass is 35.5. The number of aliphatic carboxylic acids is 1. The molecule has 0 spiro atoms. The predicted octanol–water partition coefficient (Wildman–Crippen LogP) is 3.05. The summed E-state index contributed by atoms with van der Waals surface area (Å²) >= 11 is 13.5. The molecule has 7 bridgehead atoms. The monoisotopic (exact) mass is 1140 g/mol. The third-order valence-corrected chi connectivity index (χ3v) is 13.5. The number of hydrogen-bond acceptors (Lipinski definition) is 16. The average Bonchev–Trinajstić information content (AvgIpc) is 3.39. The van der Waals surface area contributed by atoms with Gasteiger partial charge in [0.1, 0.15) is 65.4 Å². The van der Waals surface area contributed by atoms with Gasteiger partial charge in [-0.15, -0.1) is 0 Å². The number of fused-ring (bicyclic) bond motifs is 16. The van der Waals surface area contributed by atoms with E-state index >= 15 is 4.79 Å². The van der Waals surface area contributed by atoms with E-state index in [1.54, 1.807) is 19.0 Å². The van der Waals surface area contributed by atoms with Crippen LogP contribution in [0.5, 0.6) is 40.2 Å². The number of nitrogens with zero attached hydrogens (tertiary/aromatic N) is 1. The number of likely N-dealkylation sites (N-methyl/N-ethyl adjacent to an activating group) is 1. The molecule has 5 aromatic rings. The number of carboxylic acids is 1. The van der Waals surface area contributed by atoms with Crippen molar-refractivity contribution in [1.82, 2.24) is 36.8 Å². The third kappa shape index (κ3) is 13.8. The number of amides is 7. The molecule has 9 rings (SSSR count). The summed E-state index contributed by atoms with van der Waals surface area (Å²) in [6.45, 7) is 3.73. The van der Waals surface area contributed by atoms with Gasteiger partial charge in [-0.2, -0.15) is 0 Å². The number of aliphatic hydroxyl groups is 2. The Morgan fingerprint density at radius 2 is 1.21 bits per heavy atom. The summed E-state index contributed by atoms with van der Waals surface area (Å²) in [7, 11) is 3.26. The molecule has 422 valence electrons. The number of nitrogens with two attached hydrogens (primary N) is 1. The minimum Gasteiger partial charge on any atom is -0.508 e. The molecule has 5 aromatic carbocycles. The van der Waals surface area contributed by atoms with Gasteiger partial charge in [-0.1, -0.05) is 73.4 Å². The lowest BCUT2D eigenvalue weighted by Gasteiger charge is -2.31. The van der Waals surface area contributed by atoms with Gasteiger partial charge in [-0.05, 0) is 115 Å². The molecular weight excluding hydrogens is 1090 g/mol. The first-order chi connectivity index (χ1) is 37.8. The summed E-state index contributed by atoms with van der Waals surface area (Å²) in [5, 5.41) is 80.4. The molecule has 0 saturated heterocycles. The van der Waals surface area contributed by atoms with Crippen molar-refractivity contribution in [3.8, 4) is 40.2 Å². The zero-order valence-corrected chi connectivity index (χ0v) is 44.5. The van der Waals surface area contributed by atoms with Crippen molar-refractivity contribution < 1.29 is 78.5 Å². The van der Waals surface area contributed by atoms with Crippen LogP contribution >= 0.6 is 23.2 Å². The molecule has 14 N–H and O–H groups in total. The minimum absolute atomic E-state index is 0.0192. The number of benzene rings is 5. The number of phenolic OH excluding ortho intramolecular Hbond substituents is 3. The minimum atomic E-state index is -2.14. The Kier molecular flexibility index (Phi) is 18.4. The normalized spacial score (nSPS) is 21.2. The SMILES string of the molecule is CC(C)C[C@H](C(=O)N[C@H]1C(=O)N[C@@H](CC(N)=O)C(=O)N[C@H]2C(=O)N[C@H](c3ccc(O)cc3)C(=O)N[C@H](C(=O)N[C@H](C(=O)O)c3cccc(O)c3)[C@H](O)c3ccc(c(Cl)c3)Oc3cc2cc(c3O)Oc2ccc(cc2Cl)[C@H]1O)N(C)C. The molecular formula is C54H56Cl2N8O16. The number of ether oxygens (including phenoxy) is 2. The Balaban J connectivity index is 1.41. The molecule has 80 heavy (non-hydrogen) atoms. The van der Waals surface area contributed by atoms with Gasteiger partial charge in [0, 0.05) is 0 Å². The van der Waals surface area contributed by atoms with Crippen LogP contribution in [0.4, 0.5) is 0 Å². The van der Waals surface area contributed by atoms with E-state index in [-0.39, 0.29) is 66.8 Å². The average molecular weight is 1140 g/mol. The second kappa shape index (κ2) is 25.0. The fourth-order valence-electron chi connectivity index (χ4n) is 8.81. The van der Waals surface area contributed by atoms with Gasteiger partial charge < -0.3 is 77.7 Å². The Labute approximate surface area is 466 Å². The topological polar surface area (TPSA) is 378 Å². The molecule has 4 aliphatic heterocycles. The molecule has 0 aliphatic carbocycles. The number of phenols is 3. The zero-order chi connectivity index (χ0) is 58.4. The maximum atomic E-state index is 15.2. The largest absolute Gasteiger partial charge is 0.508 e. The molecule has 4 aliphatic rings. The van der Waals surface area contributed by atoms with Crippen LogP contribution in [0.2, 0.25) is 10.0 Å². The third-order valence-electron chi connectivity index (χ3n) is 12.9. The van der Waals surface area contributed by atoms with Crippen LogP contribution in [0.3, 0.4) is 0 Å².